The van der Waals surface area contributed by atoms with E-state index < -0.39 is 0 Å². The lowest BCUT2D eigenvalue weighted by Gasteiger charge is -2.22. The molecule has 5 rings (SSSR count). The Balaban J connectivity index is 1.51. The summed E-state index contributed by atoms with van der Waals surface area (Å²) in [5.41, 5.74) is 4.20. The highest BCUT2D eigenvalue weighted by Crippen LogP contribution is 2.35. The number of nitrogens with zero attached hydrogens (tertiary/aromatic N) is 4. The average Bonchev–Trinajstić information content (AvgIpc) is 3.37. The van der Waals surface area contributed by atoms with Crippen molar-refractivity contribution in [1.29, 1.82) is 0 Å². The van der Waals surface area contributed by atoms with Crippen molar-refractivity contribution < 1.29 is 4.79 Å². The SMILES string of the molecule is CNc1nc2sc(-c3cccc(C(=O)NC4CCCCC4)c3)nc2c2c1ncn2C. The van der Waals surface area contributed by atoms with Crippen LogP contribution in [0.3, 0.4) is 0 Å². The van der Waals surface area contributed by atoms with Gasteiger partial charge in [-0.15, -0.1) is 0 Å². The number of fused-ring (bicyclic) bond motifs is 3. The number of imidazole rings is 1. The number of hydrogen-bond donors (Lipinski definition) is 2. The molecule has 0 saturated heterocycles. The Morgan fingerprint density at radius 2 is 2.00 bits per heavy atom. The zero-order valence-electron chi connectivity index (χ0n) is 17.1. The first kappa shape index (κ1) is 19.0. The number of anilines is 1. The summed E-state index contributed by atoms with van der Waals surface area (Å²) < 4.78 is 1.97. The predicted octanol–water partition coefficient (Wildman–Crippen LogP) is 4.35. The van der Waals surface area contributed by atoms with Gasteiger partial charge in [-0.2, -0.15) is 0 Å². The maximum absolute atomic E-state index is 12.8. The van der Waals surface area contributed by atoms with Gasteiger partial charge in [-0.05, 0) is 25.0 Å². The zero-order valence-corrected chi connectivity index (χ0v) is 17.9. The van der Waals surface area contributed by atoms with E-state index in [0.717, 1.165) is 50.6 Å². The summed E-state index contributed by atoms with van der Waals surface area (Å²) in [7, 11) is 3.81. The lowest BCUT2D eigenvalue weighted by Crippen LogP contribution is -2.36. The Bertz CT molecular complexity index is 1240. The van der Waals surface area contributed by atoms with Crippen molar-refractivity contribution in [3.05, 3.63) is 36.2 Å². The van der Waals surface area contributed by atoms with Crippen LogP contribution < -0.4 is 10.6 Å². The van der Waals surface area contributed by atoms with Crippen LogP contribution in [0.4, 0.5) is 5.82 Å². The molecule has 1 amide bonds. The van der Waals surface area contributed by atoms with Crippen LogP contribution in [0.5, 0.6) is 0 Å². The van der Waals surface area contributed by atoms with E-state index in [4.69, 9.17) is 9.97 Å². The smallest absolute Gasteiger partial charge is 0.251 e. The summed E-state index contributed by atoms with van der Waals surface area (Å²) in [6, 6.07) is 8.00. The minimum Gasteiger partial charge on any atom is -0.371 e. The third-order valence-electron chi connectivity index (χ3n) is 5.76. The molecule has 2 N–H and O–H groups in total. The van der Waals surface area contributed by atoms with E-state index in [1.165, 1.54) is 30.6 Å². The maximum Gasteiger partial charge on any atom is 0.251 e. The van der Waals surface area contributed by atoms with E-state index in [1.807, 2.05) is 42.9 Å². The van der Waals surface area contributed by atoms with Crippen molar-refractivity contribution in [3.63, 3.8) is 0 Å². The Morgan fingerprint density at radius 3 is 2.80 bits per heavy atom. The van der Waals surface area contributed by atoms with Crippen LogP contribution in [0.15, 0.2) is 30.6 Å². The minimum absolute atomic E-state index is 0.00511. The molecular formula is C22H24N6OS. The number of aryl methyl sites for hydroxylation is 1. The van der Waals surface area contributed by atoms with Gasteiger partial charge in [0.1, 0.15) is 26.4 Å². The molecule has 1 fully saturated rings. The van der Waals surface area contributed by atoms with Crippen molar-refractivity contribution in [2.75, 3.05) is 12.4 Å². The number of pyridine rings is 1. The number of carbonyl (C=O) groups is 1. The van der Waals surface area contributed by atoms with Gasteiger partial charge < -0.3 is 15.2 Å². The molecule has 0 spiro atoms. The van der Waals surface area contributed by atoms with Gasteiger partial charge in [-0.1, -0.05) is 42.7 Å². The summed E-state index contributed by atoms with van der Waals surface area (Å²) in [5, 5.41) is 7.17. The Kier molecular flexibility index (Phi) is 4.86. The fourth-order valence-corrected chi connectivity index (χ4v) is 5.13. The molecule has 3 heterocycles. The van der Waals surface area contributed by atoms with E-state index in [9.17, 15) is 4.79 Å². The Labute approximate surface area is 178 Å². The molecular weight excluding hydrogens is 396 g/mol. The second kappa shape index (κ2) is 7.68. The molecule has 7 nitrogen and oxygen atoms in total. The molecule has 3 aromatic heterocycles. The number of rotatable bonds is 4. The van der Waals surface area contributed by atoms with Crippen molar-refractivity contribution in [1.82, 2.24) is 24.8 Å². The van der Waals surface area contributed by atoms with Crippen LogP contribution in [0, 0.1) is 0 Å². The number of hydrogen-bond acceptors (Lipinski definition) is 6. The van der Waals surface area contributed by atoms with Crippen LogP contribution in [0.2, 0.25) is 0 Å². The van der Waals surface area contributed by atoms with Crippen LogP contribution in [0.25, 0.3) is 32.0 Å². The molecule has 0 radical (unpaired) electrons. The lowest BCUT2D eigenvalue weighted by molar-refractivity contribution is 0.0928. The van der Waals surface area contributed by atoms with Crippen LogP contribution in [-0.4, -0.2) is 38.5 Å². The van der Waals surface area contributed by atoms with E-state index >= 15 is 0 Å². The van der Waals surface area contributed by atoms with Gasteiger partial charge in [0.25, 0.3) is 5.91 Å². The van der Waals surface area contributed by atoms with Crippen molar-refractivity contribution >= 4 is 44.4 Å². The van der Waals surface area contributed by atoms with Gasteiger partial charge in [0.2, 0.25) is 0 Å². The molecule has 8 heteroatoms. The molecule has 4 aromatic rings. The molecule has 1 aromatic carbocycles. The predicted molar refractivity (Wildman–Crippen MR) is 121 cm³/mol. The van der Waals surface area contributed by atoms with Crippen molar-refractivity contribution in [3.8, 4) is 10.6 Å². The number of aromatic nitrogens is 4. The van der Waals surface area contributed by atoms with Gasteiger partial charge >= 0.3 is 0 Å². The standard InChI is InChI=1S/C22H24N6OS/c1-23-19-16-18(28(2)12-24-16)17-22(27-19)30-21(26-17)14-8-6-7-13(11-14)20(29)25-15-9-4-3-5-10-15/h6-8,11-12,15H,3-5,9-10H2,1-2H3,(H,23,27)(H,25,29). The fourth-order valence-electron chi connectivity index (χ4n) is 4.19. The molecule has 0 bridgehead atoms. The number of thiazole rings is 1. The molecule has 154 valence electrons. The molecule has 0 unspecified atom stereocenters. The van der Waals surface area contributed by atoms with Crippen molar-refractivity contribution in [2.24, 2.45) is 7.05 Å². The highest BCUT2D eigenvalue weighted by molar-refractivity contribution is 7.21. The molecule has 0 atom stereocenters. The van der Waals surface area contributed by atoms with E-state index in [1.54, 1.807) is 6.33 Å². The summed E-state index contributed by atoms with van der Waals surface area (Å²) in [4.78, 5) is 27.7. The van der Waals surface area contributed by atoms with E-state index in [2.05, 4.69) is 15.6 Å². The van der Waals surface area contributed by atoms with Crippen LogP contribution in [0.1, 0.15) is 42.5 Å². The van der Waals surface area contributed by atoms with Gasteiger partial charge in [0, 0.05) is 31.3 Å². The zero-order chi connectivity index (χ0) is 20.7. The maximum atomic E-state index is 12.8. The number of nitrogens with one attached hydrogen (secondary N) is 2. The van der Waals surface area contributed by atoms with Gasteiger partial charge in [-0.3, -0.25) is 4.79 Å². The van der Waals surface area contributed by atoms with Crippen LogP contribution in [-0.2, 0) is 7.05 Å². The molecule has 0 aliphatic heterocycles. The summed E-state index contributed by atoms with van der Waals surface area (Å²) >= 11 is 1.53. The Morgan fingerprint density at radius 1 is 1.17 bits per heavy atom. The second-order valence-electron chi connectivity index (χ2n) is 7.83. The first-order valence-electron chi connectivity index (χ1n) is 10.3. The number of benzene rings is 1. The van der Waals surface area contributed by atoms with Gasteiger partial charge in [0.05, 0.1) is 6.33 Å². The third-order valence-corrected chi connectivity index (χ3v) is 6.76. The highest BCUT2D eigenvalue weighted by Gasteiger charge is 2.19. The first-order valence-corrected chi connectivity index (χ1v) is 11.2. The quantitative estimate of drug-likeness (QED) is 0.513. The van der Waals surface area contributed by atoms with Crippen LogP contribution >= 0.6 is 11.3 Å². The number of carbonyl (C=O) groups excluding carboxylic acids is 1. The molecule has 1 aliphatic rings. The molecule has 1 saturated carbocycles. The fraction of sp³-hybridized carbons (Fsp3) is 0.364. The van der Waals surface area contributed by atoms with E-state index in [0.29, 0.717) is 11.6 Å². The molecule has 1 aliphatic carbocycles. The average molecular weight is 421 g/mol. The third kappa shape index (κ3) is 3.31. The first-order chi connectivity index (χ1) is 14.6. The largest absolute Gasteiger partial charge is 0.371 e. The summed E-state index contributed by atoms with van der Waals surface area (Å²) in [6.45, 7) is 0. The Hall–Kier alpha value is -3.00. The van der Waals surface area contributed by atoms with Gasteiger partial charge in [0.15, 0.2) is 5.82 Å². The molecule has 30 heavy (non-hydrogen) atoms. The topological polar surface area (TPSA) is 84.7 Å². The van der Waals surface area contributed by atoms with E-state index in [-0.39, 0.29) is 5.91 Å². The minimum atomic E-state index is -0.00511. The highest BCUT2D eigenvalue weighted by atomic mass is 32.1. The number of amides is 1. The van der Waals surface area contributed by atoms with Gasteiger partial charge in [-0.25, -0.2) is 15.0 Å². The second-order valence-corrected chi connectivity index (χ2v) is 8.80. The lowest BCUT2D eigenvalue weighted by atomic mass is 9.95. The van der Waals surface area contributed by atoms with Crippen molar-refractivity contribution in [2.45, 2.75) is 38.1 Å². The summed E-state index contributed by atoms with van der Waals surface area (Å²) in [6.07, 6.45) is 7.59. The summed E-state index contributed by atoms with van der Waals surface area (Å²) in [5.74, 6) is 0.739. The normalized spacial score (nSPS) is 15.0. The monoisotopic (exact) mass is 420 g/mol.